The number of carbonyl (C=O) groups excluding carboxylic acids is 2. The summed E-state index contributed by atoms with van der Waals surface area (Å²) in [6.07, 6.45) is 5.41. The van der Waals surface area contributed by atoms with Gasteiger partial charge in [-0.05, 0) is 61.2 Å². The first kappa shape index (κ1) is 27.3. The Morgan fingerprint density at radius 3 is 2.06 bits per heavy atom. The van der Waals surface area contributed by atoms with Crippen molar-refractivity contribution in [1.29, 1.82) is 0 Å². The van der Waals surface area contributed by atoms with Crippen LogP contribution in [0, 0.1) is 0 Å². The summed E-state index contributed by atoms with van der Waals surface area (Å²) in [5.74, 6) is -0.701. The number of sulfonamides is 1. The fourth-order valence-corrected chi connectivity index (χ4v) is 5.40. The van der Waals surface area contributed by atoms with Crippen LogP contribution >= 0.6 is 23.2 Å². The van der Waals surface area contributed by atoms with Crippen LogP contribution in [0.3, 0.4) is 0 Å². The van der Waals surface area contributed by atoms with Gasteiger partial charge < -0.3 is 10.2 Å². The predicted octanol–water partition coefficient (Wildman–Crippen LogP) is 4.63. The molecule has 0 saturated heterocycles. The van der Waals surface area contributed by atoms with E-state index in [1.807, 2.05) is 6.92 Å². The fraction of sp³-hybridized carbons (Fsp3) is 0.440. The van der Waals surface area contributed by atoms with Crippen molar-refractivity contribution in [3.05, 3.63) is 64.1 Å². The Morgan fingerprint density at radius 2 is 1.54 bits per heavy atom. The van der Waals surface area contributed by atoms with Crippen molar-refractivity contribution in [3.8, 4) is 0 Å². The maximum absolute atomic E-state index is 13.6. The first-order chi connectivity index (χ1) is 16.6. The largest absolute Gasteiger partial charge is 0.352 e. The molecule has 1 atom stereocenters. The van der Waals surface area contributed by atoms with Gasteiger partial charge in [0.2, 0.25) is 21.8 Å². The number of hydrogen-bond acceptors (Lipinski definition) is 4. The highest BCUT2D eigenvalue weighted by Crippen LogP contribution is 2.23. The van der Waals surface area contributed by atoms with Gasteiger partial charge in [0.25, 0.3) is 0 Å². The molecule has 0 radical (unpaired) electrons. The standard InChI is InChI=1S/C25H31Cl2N3O4S/c1-3-23(25(32)28-21-6-4-5-7-21)29(16-18-8-10-19(26)11-9-18)24(31)17-30(35(2,33)34)22-14-12-20(27)13-15-22/h8-15,21,23H,3-7,16-17H2,1-2H3,(H,28,32)/t23-/m1/s1. The van der Waals surface area contributed by atoms with Gasteiger partial charge in [-0.1, -0.05) is 55.1 Å². The van der Waals surface area contributed by atoms with Crippen molar-refractivity contribution >= 4 is 50.7 Å². The van der Waals surface area contributed by atoms with Crippen LogP contribution in [0.5, 0.6) is 0 Å². The molecule has 0 spiro atoms. The molecule has 2 aromatic rings. The third kappa shape index (κ3) is 7.59. The molecule has 2 aromatic carbocycles. The van der Waals surface area contributed by atoms with E-state index >= 15 is 0 Å². The van der Waals surface area contributed by atoms with Crippen molar-refractivity contribution in [3.63, 3.8) is 0 Å². The van der Waals surface area contributed by atoms with Crippen molar-refractivity contribution in [2.45, 2.75) is 57.7 Å². The number of carbonyl (C=O) groups is 2. The van der Waals surface area contributed by atoms with Crippen LogP contribution in [0.15, 0.2) is 48.5 Å². The van der Waals surface area contributed by atoms with Gasteiger partial charge in [0.1, 0.15) is 12.6 Å². The Morgan fingerprint density at radius 1 is 1.00 bits per heavy atom. The molecule has 1 aliphatic rings. The molecular weight excluding hydrogens is 509 g/mol. The van der Waals surface area contributed by atoms with Crippen molar-refractivity contribution in [2.24, 2.45) is 0 Å². The molecule has 2 amide bonds. The number of amides is 2. The van der Waals surface area contributed by atoms with Gasteiger partial charge >= 0.3 is 0 Å². The minimum atomic E-state index is -3.78. The van der Waals surface area contributed by atoms with Crippen LogP contribution in [-0.4, -0.2) is 50.0 Å². The van der Waals surface area contributed by atoms with Crippen molar-refractivity contribution in [1.82, 2.24) is 10.2 Å². The van der Waals surface area contributed by atoms with E-state index in [0.29, 0.717) is 22.2 Å². The maximum Gasteiger partial charge on any atom is 0.244 e. The van der Waals surface area contributed by atoms with Gasteiger partial charge in [0.15, 0.2) is 0 Å². The Bertz CT molecular complexity index is 1120. The third-order valence-corrected chi connectivity index (χ3v) is 7.79. The average Bonchev–Trinajstić information content (AvgIpc) is 3.31. The molecule has 3 rings (SSSR count). The molecule has 1 fully saturated rings. The molecule has 1 N–H and O–H groups in total. The molecule has 1 aliphatic carbocycles. The van der Waals surface area contributed by atoms with E-state index in [0.717, 1.165) is 41.8 Å². The predicted molar refractivity (Wildman–Crippen MR) is 140 cm³/mol. The average molecular weight is 541 g/mol. The van der Waals surface area contributed by atoms with E-state index in [9.17, 15) is 18.0 Å². The summed E-state index contributed by atoms with van der Waals surface area (Å²) in [5, 5.41) is 4.09. The van der Waals surface area contributed by atoms with Gasteiger partial charge in [0, 0.05) is 22.6 Å². The smallest absolute Gasteiger partial charge is 0.244 e. The summed E-state index contributed by atoms with van der Waals surface area (Å²) >= 11 is 12.0. The quantitative estimate of drug-likeness (QED) is 0.476. The summed E-state index contributed by atoms with van der Waals surface area (Å²) in [4.78, 5) is 28.3. The Hall–Kier alpha value is -2.29. The number of nitrogens with zero attached hydrogens (tertiary/aromatic N) is 2. The first-order valence-corrected chi connectivity index (χ1v) is 14.3. The summed E-state index contributed by atoms with van der Waals surface area (Å²) in [5.41, 5.74) is 1.10. The Balaban J connectivity index is 1.90. The lowest BCUT2D eigenvalue weighted by Crippen LogP contribution is -2.53. The van der Waals surface area contributed by atoms with Crippen LogP contribution in [0.1, 0.15) is 44.6 Å². The van der Waals surface area contributed by atoms with Crippen molar-refractivity contribution in [2.75, 3.05) is 17.1 Å². The van der Waals surface area contributed by atoms with E-state index in [-0.39, 0.29) is 18.5 Å². The highest BCUT2D eigenvalue weighted by molar-refractivity contribution is 7.92. The summed E-state index contributed by atoms with van der Waals surface area (Å²) in [6, 6.07) is 12.6. The number of hydrogen-bond donors (Lipinski definition) is 1. The molecule has 0 aromatic heterocycles. The van der Waals surface area contributed by atoms with Gasteiger partial charge in [-0.25, -0.2) is 8.42 Å². The monoisotopic (exact) mass is 539 g/mol. The number of nitrogens with one attached hydrogen (secondary N) is 1. The van der Waals surface area contributed by atoms with E-state index in [2.05, 4.69) is 5.32 Å². The minimum absolute atomic E-state index is 0.102. The van der Waals surface area contributed by atoms with Crippen LogP contribution in [-0.2, 0) is 26.2 Å². The highest BCUT2D eigenvalue weighted by Gasteiger charge is 2.33. The number of benzene rings is 2. The van der Waals surface area contributed by atoms with Crippen LogP contribution < -0.4 is 9.62 Å². The number of rotatable bonds is 10. The second-order valence-electron chi connectivity index (χ2n) is 8.81. The molecule has 10 heteroatoms. The van der Waals surface area contributed by atoms with Crippen LogP contribution in [0.25, 0.3) is 0 Å². The number of halogens is 2. The normalized spacial score (nSPS) is 15.0. The number of anilines is 1. The topological polar surface area (TPSA) is 86.8 Å². The van der Waals surface area contributed by atoms with E-state index in [4.69, 9.17) is 23.2 Å². The fourth-order valence-electron chi connectivity index (χ4n) is 4.29. The molecule has 1 saturated carbocycles. The third-order valence-electron chi connectivity index (χ3n) is 6.15. The SMILES string of the molecule is CC[C@H](C(=O)NC1CCCC1)N(Cc1ccc(Cl)cc1)C(=O)CN(c1ccc(Cl)cc1)S(C)(=O)=O. The summed E-state index contributed by atoms with van der Waals surface area (Å²) < 4.78 is 26.2. The molecule has 190 valence electrons. The minimum Gasteiger partial charge on any atom is -0.352 e. The lowest BCUT2D eigenvalue weighted by Gasteiger charge is -2.33. The van der Waals surface area contributed by atoms with Crippen LogP contribution in [0.2, 0.25) is 10.0 Å². The second kappa shape index (κ2) is 12.1. The van der Waals surface area contributed by atoms with E-state index in [1.54, 1.807) is 48.5 Å². The van der Waals surface area contributed by atoms with Gasteiger partial charge in [-0.3, -0.25) is 13.9 Å². The lowest BCUT2D eigenvalue weighted by molar-refractivity contribution is -0.140. The maximum atomic E-state index is 13.6. The second-order valence-corrected chi connectivity index (χ2v) is 11.6. The Kier molecular flexibility index (Phi) is 9.44. The summed E-state index contributed by atoms with van der Waals surface area (Å²) in [7, 11) is -3.78. The zero-order valence-electron chi connectivity index (χ0n) is 19.9. The van der Waals surface area contributed by atoms with Gasteiger partial charge in [-0.15, -0.1) is 0 Å². The first-order valence-electron chi connectivity index (χ1n) is 11.7. The van der Waals surface area contributed by atoms with Crippen LogP contribution in [0.4, 0.5) is 5.69 Å². The zero-order valence-corrected chi connectivity index (χ0v) is 22.2. The molecule has 0 unspecified atom stereocenters. The van der Waals surface area contributed by atoms with E-state index in [1.165, 1.54) is 4.90 Å². The zero-order chi connectivity index (χ0) is 25.6. The molecule has 0 heterocycles. The summed E-state index contributed by atoms with van der Waals surface area (Å²) in [6.45, 7) is 1.54. The molecule has 7 nitrogen and oxygen atoms in total. The van der Waals surface area contributed by atoms with E-state index < -0.39 is 28.5 Å². The molecule has 35 heavy (non-hydrogen) atoms. The molecule has 0 bridgehead atoms. The molecule has 0 aliphatic heterocycles. The van der Waals surface area contributed by atoms with Crippen molar-refractivity contribution < 1.29 is 18.0 Å². The van der Waals surface area contributed by atoms with Gasteiger partial charge in [0.05, 0.1) is 11.9 Å². The lowest BCUT2D eigenvalue weighted by atomic mass is 10.1. The Labute approximate surface area is 217 Å². The highest BCUT2D eigenvalue weighted by atomic mass is 35.5. The van der Waals surface area contributed by atoms with Gasteiger partial charge in [-0.2, -0.15) is 0 Å². The molecular formula is C25H31Cl2N3O4S.